The van der Waals surface area contributed by atoms with E-state index >= 15 is 0 Å². The number of nitrogens with zero attached hydrogens (tertiary/aromatic N) is 2. The van der Waals surface area contributed by atoms with Gasteiger partial charge in [-0.3, -0.25) is 9.36 Å². The molecule has 1 aromatic heterocycles. The molecular formula is C35H32Br2Cl2N2O4S. The molecule has 0 amide bonds. The van der Waals surface area contributed by atoms with Gasteiger partial charge in [0.05, 0.1) is 37.4 Å². The monoisotopic (exact) mass is 804 g/mol. The van der Waals surface area contributed by atoms with Gasteiger partial charge in [0, 0.05) is 15.6 Å². The molecule has 3 aromatic carbocycles. The van der Waals surface area contributed by atoms with Crippen molar-refractivity contribution in [3.8, 4) is 5.75 Å². The summed E-state index contributed by atoms with van der Waals surface area (Å²) in [6.07, 6.45) is 3.20. The predicted octanol–water partition coefficient (Wildman–Crippen LogP) is 9.11. The zero-order valence-corrected chi connectivity index (χ0v) is 31.2. The van der Waals surface area contributed by atoms with E-state index in [1.807, 2.05) is 43.3 Å². The Morgan fingerprint density at radius 3 is 2.37 bits per heavy atom. The molecule has 2 heterocycles. The molecule has 0 N–H and O–H groups in total. The average molecular weight is 807 g/mol. The molecule has 4 aromatic rings. The van der Waals surface area contributed by atoms with Gasteiger partial charge in [-0.2, -0.15) is 0 Å². The highest BCUT2D eigenvalue weighted by Crippen LogP contribution is 2.37. The molecule has 0 bridgehead atoms. The van der Waals surface area contributed by atoms with Crippen LogP contribution in [0.4, 0.5) is 0 Å². The largest absolute Gasteiger partial charge is 0.486 e. The van der Waals surface area contributed by atoms with E-state index in [1.165, 1.54) is 16.9 Å². The van der Waals surface area contributed by atoms with E-state index in [-0.39, 0.29) is 18.8 Å². The fourth-order valence-corrected chi connectivity index (χ4v) is 8.17. The van der Waals surface area contributed by atoms with Crippen LogP contribution in [-0.2, 0) is 16.1 Å². The molecule has 0 spiro atoms. The Morgan fingerprint density at radius 1 is 1.07 bits per heavy atom. The first-order chi connectivity index (χ1) is 22.0. The van der Waals surface area contributed by atoms with Gasteiger partial charge in [-0.15, -0.1) is 0 Å². The number of rotatable bonds is 10. The lowest BCUT2D eigenvalue weighted by Gasteiger charge is -2.26. The van der Waals surface area contributed by atoms with E-state index in [0.717, 1.165) is 23.1 Å². The number of hydrogen-bond acceptors (Lipinski definition) is 6. The first-order valence-electron chi connectivity index (χ1n) is 14.9. The van der Waals surface area contributed by atoms with E-state index in [0.29, 0.717) is 57.7 Å². The van der Waals surface area contributed by atoms with E-state index < -0.39 is 12.0 Å². The number of esters is 1. The second kappa shape index (κ2) is 15.0. The SMILES string of the molecule is CCCC1=C(C(=O)OCC)[C@H](c2ccc(C(C)C)cc2)n2c(s/c(=C\c3cc(Br)c(OCc4ccc(Cl)cc4Cl)c(Br)c3)c2=O)=N1. The number of allylic oxidation sites excluding steroid dienone is 1. The molecule has 0 saturated heterocycles. The fraction of sp³-hybridized carbons (Fsp3) is 0.286. The predicted molar refractivity (Wildman–Crippen MR) is 193 cm³/mol. The Kier molecular flexibility index (Phi) is 11.3. The molecule has 0 fully saturated rings. The third-order valence-electron chi connectivity index (χ3n) is 7.52. The normalized spacial score (nSPS) is 14.8. The lowest BCUT2D eigenvalue weighted by molar-refractivity contribution is -0.139. The van der Waals surface area contributed by atoms with Crippen LogP contribution in [-0.4, -0.2) is 17.1 Å². The number of ether oxygens (including phenoxy) is 2. The summed E-state index contributed by atoms with van der Waals surface area (Å²) in [5, 5.41) is 1.08. The number of aromatic nitrogens is 1. The van der Waals surface area contributed by atoms with E-state index in [4.69, 9.17) is 37.7 Å². The summed E-state index contributed by atoms with van der Waals surface area (Å²) in [5.74, 6) is 0.487. The van der Waals surface area contributed by atoms with Crippen LogP contribution in [0, 0.1) is 0 Å². The molecule has 11 heteroatoms. The number of benzene rings is 3. The third kappa shape index (κ3) is 7.39. The zero-order valence-electron chi connectivity index (χ0n) is 25.7. The second-order valence-corrected chi connectivity index (χ2v) is 14.6. The molecule has 1 atom stereocenters. The van der Waals surface area contributed by atoms with Crippen molar-refractivity contribution in [1.82, 2.24) is 4.57 Å². The van der Waals surface area contributed by atoms with Crippen molar-refractivity contribution in [3.05, 3.63) is 127 Å². The maximum atomic E-state index is 14.2. The molecule has 240 valence electrons. The minimum atomic E-state index is -0.658. The van der Waals surface area contributed by atoms with E-state index in [9.17, 15) is 9.59 Å². The summed E-state index contributed by atoms with van der Waals surface area (Å²) >= 11 is 20.9. The van der Waals surface area contributed by atoms with Gasteiger partial charge in [-0.25, -0.2) is 9.79 Å². The summed E-state index contributed by atoms with van der Waals surface area (Å²) in [5.41, 5.74) is 4.41. The van der Waals surface area contributed by atoms with Gasteiger partial charge in [-0.05, 0) is 98.2 Å². The summed E-state index contributed by atoms with van der Waals surface area (Å²) in [6, 6.07) is 16.5. The molecule has 0 aliphatic carbocycles. The van der Waals surface area contributed by atoms with Crippen LogP contribution in [0.3, 0.4) is 0 Å². The molecule has 6 nitrogen and oxygen atoms in total. The molecule has 0 radical (unpaired) electrons. The number of carbonyl (C=O) groups excluding carboxylic acids is 1. The maximum Gasteiger partial charge on any atom is 0.338 e. The Labute approximate surface area is 298 Å². The second-order valence-electron chi connectivity index (χ2n) is 11.1. The van der Waals surface area contributed by atoms with Crippen LogP contribution in [0.5, 0.6) is 5.75 Å². The Balaban J connectivity index is 1.58. The van der Waals surface area contributed by atoms with E-state index in [2.05, 4.69) is 57.8 Å². The van der Waals surface area contributed by atoms with Crippen LogP contribution in [0.1, 0.15) is 74.8 Å². The number of thiazole rings is 1. The van der Waals surface area contributed by atoms with Gasteiger partial charge in [-0.1, -0.05) is 92.1 Å². The van der Waals surface area contributed by atoms with Crippen LogP contribution < -0.4 is 19.6 Å². The molecule has 1 aliphatic heterocycles. The Bertz CT molecular complexity index is 1980. The maximum absolute atomic E-state index is 14.2. The first-order valence-corrected chi connectivity index (χ1v) is 18.1. The highest BCUT2D eigenvalue weighted by Gasteiger charge is 2.34. The average Bonchev–Trinajstić information content (AvgIpc) is 3.31. The van der Waals surface area contributed by atoms with Crippen molar-refractivity contribution in [2.75, 3.05) is 6.61 Å². The molecule has 46 heavy (non-hydrogen) atoms. The summed E-state index contributed by atoms with van der Waals surface area (Å²) in [4.78, 5) is 33.0. The van der Waals surface area contributed by atoms with Gasteiger partial charge in [0.1, 0.15) is 12.4 Å². The smallest absolute Gasteiger partial charge is 0.338 e. The lowest BCUT2D eigenvalue weighted by Crippen LogP contribution is -2.40. The minimum absolute atomic E-state index is 0.224. The van der Waals surface area contributed by atoms with Crippen molar-refractivity contribution in [2.24, 2.45) is 4.99 Å². The molecule has 0 saturated carbocycles. The summed E-state index contributed by atoms with van der Waals surface area (Å²) < 4.78 is 15.1. The van der Waals surface area contributed by atoms with Gasteiger partial charge in [0.2, 0.25) is 0 Å². The van der Waals surface area contributed by atoms with Gasteiger partial charge in [0.15, 0.2) is 4.80 Å². The number of fused-ring (bicyclic) bond motifs is 1. The quantitative estimate of drug-likeness (QED) is 0.150. The Hall–Kier alpha value is -2.69. The highest BCUT2D eigenvalue weighted by atomic mass is 79.9. The molecule has 1 aliphatic rings. The van der Waals surface area contributed by atoms with E-state index in [1.54, 1.807) is 23.6 Å². The van der Waals surface area contributed by atoms with Crippen molar-refractivity contribution >= 4 is 78.4 Å². The molecular weight excluding hydrogens is 775 g/mol. The molecule has 0 unspecified atom stereocenters. The number of hydrogen-bond donors (Lipinski definition) is 0. The minimum Gasteiger partial charge on any atom is -0.486 e. The topological polar surface area (TPSA) is 69.9 Å². The van der Waals surface area contributed by atoms with Gasteiger partial charge >= 0.3 is 5.97 Å². The lowest BCUT2D eigenvalue weighted by atomic mass is 9.92. The van der Waals surface area contributed by atoms with Crippen molar-refractivity contribution < 1.29 is 14.3 Å². The summed E-state index contributed by atoms with van der Waals surface area (Å²) in [6.45, 7) is 8.55. The number of carbonyl (C=O) groups is 1. The fourth-order valence-electron chi connectivity index (χ4n) is 5.24. The van der Waals surface area contributed by atoms with Gasteiger partial charge < -0.3 is 9.47 Å². The third-order valence-corrected chi connectivity index (χ3v) is 10.3. The van der Waals surface area contributed by atoms with Crippen molar-refractivity contribution in [2.45, 2.75) is 59.1 Å². The molecule has 5 rings (SSSR count). The zero-order chi connectivity index (χ0) is 33.1. The Morgan fingerprint density at radius 2 is 1.76 bits per heavy atom. The van der Waals surface area contributed by atoms with Crippen molar-refractivity contribution in [1.29, 1.82) is 0 Å². The van der Waals surface area contributed by atoms with Crippen LogP contribution >= 0.6 is 66.4 Å². The van der Waals surface area contributed by atoms with Gasteiger partial charge in [0.25, 0.3) is 5.56 Å². The van der Waals surface area contributed by atoms with Crippen LogP contribution in [0.25, 0.3) is 6.08 Å². The number of halogens is 4. The highest BCUT2D eigenvalue weighted by molar-refractivity contribution is 9.11. The van der Waals surface area contributed by atoms with Crippen LogP contribution in [0.2, 0.25) is 10.0 Å². The first kappa shape index (κ1) is 34.6. The van der Waals surface area contributed by atoms with Crippen LogP contribution in [0.15, 0.2) is 84.6 Å². The summed E-state index contributed by atoms with van der Waals surface area (Å²) in [7, 11) is 0. The van der Waals surface area contributed by atoms with Crippen molar-refractivity contribution in [3.63, 3.8) is 0 Å². The standard InChI is InChI=1S/C35H32Br2Cl2N2O4S/c1-5-7-28-30(34(43)44-6-2)31(22-10-8-21(9-11-22)19(3)4)41-33(42)29(46-35(41)40-28)16-20-14-25(36)32(26(37)15-20)45-18-23-12-13-24(38)17-27(23)39/h8-17,19,31H,5-7,18H2,1-4H3/b29-16-/t31-/m0/s1.